The number of anilines is 2. The molecule has 0 aliphatic carbocycles. The van der Waals surface area contributed by atoms with Crippen molar-refractivity contribution in [2.45, 2.75) is 11.8 Å². The van der Waals surface area contributed by atoms with E-state index in [4.69, 9.17) is 11.6 Å². The molecule has 0 spiro atoms. The van der Waals surface area contributed by atoms with Crippen LogP contribution < -0.4 is 10.0 Å². The molecule has 0 saturated carbocycles. The molecule has 3 N–H and O–H groups in total. The second kappa shape index (κ2) is 8.56. The number of carbonyl (C=O) groups is 2. The lowest BCUT2D eigenvalue weighted by atomic mass is 10.1. The van der Waals surface area contributed by atoms with E-state index in [2.05, 4.69) is 10.0 Å². The van der Waals surface area contributed by atoms with Gasteiger partial charge in [-0.3, -0.25) is 9.52 Å². The third-order valence-corrected chi connectivity index (χ3v) is 5.86. The number of amides is 1. The average molecular weight is 445 g/mol. The molecule has 1 amide bonds. The van der Waals surface area contributed by atoms with Gasteiger partial charge in [0.25, 0.3) is 15.9 Å². The summed E-state index contributed by atoms with van der Waals surface area (Å²) >= 11 is 6.10. The number of halogens is 1. The molecule has 7 nitrogen and oxygen atoms in total. The Morgan fingerprint density at radius 3 is 2.37 bits per heavy atom. The van der Waals surface area contributed by atoms with E-state index in [1.165, 1.54) is 42.5 Å². The third-order valence-electron chi connectivity index (χ3n) is 4.18. The van der Waals surface area contributed by atoms with Crippen molar-refractivity contribution in [2.24, 2.45) is 0 Å². The van der Waals surface area contributed by atoms with Gasteiger partial charge in [-0.2, -0.15) is 0 Å². The van der Waals surface area contributed by atoms with Gasteiger partial charge in [-0.05, 0) is 55.0 Å². The number of aromatic carboxylic acids is 1. The molecule has 3 aromatic rings. The SMILES string of the molecule is Cc1ccc(NS(=O)(=O)c2cccc(C(=O)Nc3ccccc3C(=O)O)c2)c(Cl)c1. The molecule has 30 heavy (non-hydrogen) atoms. The van der Waals surface area contributed by atoms with Crippen LogP contribution in [0.2, 0.25) is 5.02 Å². The number of rotatable bonds is 6. The number of benzene rings is 3. The van der Waals surface area contributed by atoms with E-state index in [0.29, 0.717) is 0 Å². The van der Waals surface area contributed by atoms with Crippen LogP contribution in [-0.2, 0) is 10.0 Å². The monoisotopic (exact) mass is 444 g/mol. The lowest BCUT2D eigenvalue weighted by molar-refractivity contribution is 0.0698. The molecular formula is C21H17ClN2O5S. The first-order chi connectivity index (χ1) is 14.2. The smallest absolute Gasteiger partial charge is 0.337 e. The van der Waals surface area contributed by atoms with Crippen LogP contribution in [0.15, 0.2) is 71.6 Å². The maximum Gasteiger partial charge on any atom is 0.337 e. The fraction of sp³-hybridized carbons (Fsp3) is 0.0476. The molecule has 0 aliphatic rings. The number of sulfonamides is 1. The van der Waals surface area contributed by atoms with E-state index in [9.17, 15) is 23.1 Å². The van der Waals surface area contributed by atoms with Gasteiger partial charge in [0.05, 0.1) is 26.9 Å². The van der Waals surface area contributed by atoms with Gasteiger partial charge < -0.3 is 10.4 Å². The van der Waals surface area contributed by atoms with E-state index in [0.717, 1.165) is 5.56 Å². The number of carboxylic acid groups (broad SMARTS) is 1. The molecule has 0 aliphatic heterocycles. The van der Waals surface area contributed by atoms with Crippen molar-refractivity contribution >= 4 is 44.9 Å². The highest BCUT2D eigenvalue weighted by molar-refractivity contribution is 7.92. The van der Waals surface area contributed by atoms with E-state index in [-0.39, 0.29) is 32.4 Å². The van der Waals surface area contributed by atoms with Gasteiger partial charge >= 0.3 is 5.97 Å². The summed E-state index contributed by atoms with van der Waals surface area (Å²) in [6.45, 7) is 1.83. The highest BCUT2D eigenvalue weighted by Gasteiger charge is 2.19. The zero-order valence-electron chi connectivity index (χ0n) is 15.7. The number of aryl methyl sites for hydroxylation is 1. The first-order valence-corrected chi connectivity index (χ1v) is 10.6. The van der Waals surface area contributed by atoms with Crippen molar-refractivity contribution < 1.29 is 23.1 Å². The van der Waals surface area contributed by atoms with Crippen LogP contribution in [-0.4, -0.2) is 25.4 Å². The van der Waals surface area contributed by atoms with Crippen molar-refractivity contribution in [1.29, 1.82) is 0 Å². The normalized spacial score (nSPS) is 11.0. The summed E-state index contributed by atoms with van der Waals surface area (Å²) in [4.78, 5) is 23.7. The minimum absolute atomic E-state index is 0.0491. The van der Waals surface area contributed by atoms with Crippen LogP contribution in [0.1, 0.15) is 26.3 Å². The summed E-state index contributed by atoms with van der Waals surface area (Å²) in [7, 11) is -4.01. The van der Waals surface area contributed by atoms with E-state index in [1.807, 2.05) is 6.92 Å². The van der Waals surface area contributed by atoms with Gasteiger partial charge in [-0.25, -0.2) is 13.2 Å². The zero-order chi connectivity index (χ0) is 21.9. The molecule has 3 rings (SSSR count). The average Bonchev–Trinajstić information content (AvgIpc) is 2.70. The second-order valence-electron chi connectivity index (χ2n) is 6.42. The number of carbonyl (C=O) groups excluding carboxylic acids is 1. The Balaban J connectivity index is 1.86. The molecular weight excluding hydrogens is 428 g/mol. The maximum atomic E-state index is 12.7. The van der Waals surface area contributed by atoms with Crippen LogP contribution in [0.5, 0.6) is 0 Å². The van der Waals surface area contributed by atoms with Gasteiger partial charge in [-0.1, -0.05) is 35.9 Å². The molecule has 3 aromatic carbocycles. The Hall–Kier alpha value is -3.36. The van der Waals surface area contributed by atoms with Gasteiger partial charge in [-0.15, -0.1) is 0 Å². The molecule has 9 heteroatoms. The minimum atomic E-state index is -4.01. The fourth-order valence-corrected chi connectivity index (χ4v) is 4.15. The highest BCUT2D eigenvalue weighted by Crippen LogP contribution is 2.26. The quantitative estimate of drug-likeness (QED) is 0.521. The van der Waals surface area contributed by atoms with Crippen molar-refractivity contribution in [1.82, 2.24) is 0 Å². The molecule has 0 unspecified atom stereocenters. The first-order valence-electron chi connectivity index (χ1n) is 8.70. The molecule has 0 saturated heterocycles. The third kappa shape index (κ3) is 4.79. The van der Waals surface area contributed by atoms with Crippen molar-refractivity contribution in [3.63, 3.8) is 0 Å². The van der Waals surface area contributed by atoms with Crippen molar-refractivity contribution in [2.75, 3.05) is 10.0 Å². The molecule has 154 valence electrons. The van der Waals surface area contributed by atoms with E-state index in [1.54, 1.807) is 24.3 Å². The molecule has 0 bridgehead atoms. The maximum absolute atomic E-state index is 12.7. The van der Waals surface area contributed by atoms with Gasteiger partial charge in [0.15, 0.2) is 0 Å². The van der Waals surface area contributed by atoms with Gasteiger partial charge in [0.1, 0.15) is 0 Å². The summed E-state index contributed by atoms with van der Waals surface area (Å²) in [5, 5.41) is 12.0. The highest BCUT2D eigenvalue weighted by atomic mass is 35.5. The first kappa shape index (κ1) is 21.4. The summed E-state index contributed by atoms with van der Waals surface area (Å²) in [5.74, 6) is -1.84. The molecule has 0 aromatic heterocycles. The Morgan fingerprint density at radius 2 is 1.67 bits per heavy atom. The van der Waals surface area contributed by atoms with Crippen molar-refractivity contribution in [3.05, 3.63) is 88.4 Å². The topological polar surface area (TPSA) is 113 Å². The predicted octanol–water partition coefficient (Wildman–Crippen LogP) is 4.40. The largest absolute Gasteiger partial charge is 0.478 e. The van der Waals surface area contributed by atoms with Crippen LogP contribution in [0.25, 0.3) is 0 Å². The van der Waals surface area contributed by atoms with Gasteiger partial charge in [0.2, 0.25) is 0 Å². The molecule has 0 atom stereocenters. The van der Waals surface area contributed by atoms with E-state index < -0.39 is 21.9 Å². The van der Waals surface area contributed by atoms with Crippen LogP contribution in [0.4, 0.5) is 11.4 Å². The predicted molar refractivity (Wildman–Crippen MR) is 115 cm³/mol. The summed E-state index contributed by atoms with van der Waals surface area (Å²) in [5.41, 5.74) is 1.17. The lowest BCUT2D eigenvalue weighted by Gasteiger charge is -2.12. The number of hydrogen-bond donors (Lipinski definition) is 3. The van der Waals surface area contributed by atoms with E-state index >= 15 is 0 Å². The molecule has 0 heterocycles. The number of nitrogens with one attached hydrogen (secondary N) is 2. The summed E-state index contributed by atoms with van der Waals surface area (Å²) in [6.07, 6.45) is 0. The van der Waals surface area contributed by atoms with Gasteiger partial charge in [0, 0.05) is 5.56 Å². The lowest BCUT2D eigenvalue weighted by Crippen LogP contribution is -2.17. The Morgan fingerprint density at radius 1 is 0.933 bits per heavy atom. The van der Waals surface area contributed by atoms with Crippen LogP contribution in [0, 0.1) is 6.92 Å². The zero-order valence-corrected chi connectivity index (χ0v) is 17.3. The van der Waals surface area contributed by atoms with Crippen LogP contribution >= 0.6 is 11.6 Å². The summed E-state index contributed by atoms with van der Waals surface area (Å²) < 4.78 is 27.9. The second-order valence-corrected chi connectivity index (χ2v) is 8.51. The number of carboxylic acids is 1. The standard InChI is InChI=1S/C21H17ClN2O5S/c1-13-9-10-19(17(22)11-13)24-30(28,29)15-6-4-5-14(12-15)20(25)23-18-8-3-2-7-16(18)21(26)27/h2-12,24H,1H3,(H,23,25)(H,26,27). The molecule has 0 radical (unpaired) electrons. The molecule has 0 fully saturated rings. The Labute approximate surface area is 178 Å². The summed E-state index contributed by atoms with van der Waals surface area (Å²) in [6, 6.07) is 16.2. The van der Waals surface area contributed by atoms with Crippen molar-refractivity contribution in [3.8, 4) is 0 Å². The number of para-hydroxylation sites is 1. The fourth-order valence-electron chi connectivity index (χ4n) is 2.68. The Bertz CT molecular complexity index is 1240. The Kier molecular flexibility index (Phi) is 6.09. The minimum Gasteiger partial charge on any atom is -0.478 e. The number of hydrogen-bond acceptors (Lipinski definition) is 4. The van der Waals surface area contributed by atoms with Crippen LogP contribution in [0.3, 0.4) is 0 Å².